The summed E-state index contributed by atoms with van der Waals surface area (Å²) in [6.45, 7) is 3.52. The number of hydrogen-bond acceptors (Lipinski definition) is 7. The molecular formula is C23H21N7O. The predicted octanol–water partition coefficient (Wildman–Crippen LogP) is 3.00. The minimum atomic E-state index is -0.236. The van der Waals surface area contributed by atoms with Crippen LogP contribution in [0.2, 0.25) is 0 Å². The maximum Gasteiger partial charge on any atom is 0.255 e. The molecule has 0 spiro atoms. The molecule has 1 amide bonds. The van der Waals surface area contributed by atoms with Gasteiger partial charge in [0.05, 0.1) is 29.1 Å². The molecular weight excluding hydrogens is 390 g/mol. The molecule has 1 N–H and O–H groups in total. The number of nitrogens with one attached hydrogen (secondary N) is 1. The summed E-state index contributed by atoms with van der Waals surface area (Å²) >= 11 is 0. The average Bonchev–Trinajstić information content (AvgIpc) is 2.85. The van der Waals surface area contributed by atoms with Crippen LogP contribution in [0.25, 0.3) is 11.0 Å². The van der Waals surface area contributed by atoms with E-state index < -0.39 is 0 Å². The molecule has 4 aromatic rings. The van der Waals surface area contributed by atoms with Crippen molar-refractivity contribution in [3.63, 3.8) is 0 Å². The molecule has 1 saturated heterocycles. The summed E-state index contributed by atoms with van der Waals surface area (Å²) in [5, 5.41) is 2.84. The van der Waals surface area contributed by atoms with E-state index in [1.165, 1.54) is 5.69 Å². The molecule has 8 nitrogen and oxygen atoms in total. The van der Waals surface area contributed by atoms with E-state index in [-0.39, 0.29) is 5.91 Å². The first-order valence-electron chi connectivity index (χ1n) is 10.2. The quantitative estimate of drug-likeness (QED) is 0.552. The number of para-hydroxylation sites is 1. The zero-order chi connectivity index (χ0) is 21.0. The lowest BCUT2D eigenvalue weighted by atomic mass is 10.2. The van der Waals surface area contributed by atoms with Gasteiger partial charge in [-0.3, -0.25) is 14.8 Å². The third kappa shape index (κ3) is 4.13. The normalized spacial score (nSPS) is 13.9. The molecule has 0 aliphatic carbocycles. The van der Waals surface area contributed by atoms with Gasteiger partial charge < -0.3 is 15.1 Å². The Labute approximate surface area is 179 Å². The number of amides is 1. The predicted molar refractivity (Wildman–Crippen MR) is 120 cm³/mol. The lowest BCUT2D eigenvalue weighted by Crippen LogP contribution is -2.47. The molecule has 0 atom stereocenters. The summed E-state index contributed by atoms with van der Waals surface area (Å²) < 4.78 is 0. The molecule has 0 bridgehead atoms. The van der Waals surface area contributed by atoms with Crippen molar-refractivity contribution in [1.82, 2.24) is 19.9 Å². The van der Waals surface area contributed by atoms with Gasteiger partial charge in [-0.15, -0.1) is 0 Å². The Kier molecular flexibility index (Phi) is 5.10. The van der Waals surface area contributed by atoms with Crippen molar-refractivity contribution in [1.29, 1.82) is 0 Å². The number of carbonyl (C=O) groups is 1. The highest BCUT2D eigenvalue weighted by Crippen LogP contribution is 2.19. The number of carbonyl (C=O) groups excluding carboxylic acids is 1. The molecule has 0 unspecified atom stereocenters. The molecule has 31 heavy (non-hydrogen) atoms. The standard InChI is InChI=1S/C23H21N7O/c31-22(17-6-7-20-21(14-17)25-9-8-24-20)28-18-15-26-23(27-16-18)30-12-10-29(11-13-30)19-4-2-1-3-5-19/h1-9,14-16H,10-13H2,(H,28,31). The average molecular weight is 411 g/mol. The van der Waals surface area contributed by atoms with Gasteiger partial charge in [-0.2, -0.15) is 0 Å². The van der Waals surface area contributed by atoms with Crippen LogP contribution in [0.1, 0.15) is 10.4 Å². The van der Waals surface area contributed by atoms with Crippen LogP contribution in [0.4, 0.5) is 17.3 Å². The van der Waals surface area contributed by atoms with Gasteiger partial charge in [0, 0.05) is 49.8 Å². The lowest BCUT2D eigenvalue weighted by molar-refractivity contribution is 0.102. The number of aromatic nitrogens is 4. The maximum absolute atomic E-state index is 12.6. The number of piperazine rings is 1. The molecule has 0 radical (unpaired) electrons. The fourth-order valence-corrected chi connectivity index (χ4v) is 3.66. The number of fused-ring (bicyclic) bond motifs is 1. The Morgan fingerprint density at radius 2 is 1.45 bits per heavy atom. The second-order valence-corrected chi connectivity index (χ2v) is 7.30. The van der Waals surface area contributed by atoms with Crippen molar-refractivity contribution in [2.75, 3.05) is 41.3 Å². The van der Waals surface area contributed by atoms with E-state index in [0.29, 0.717) is 22.7 Å². The zero-order valence-corrected chi connectivity index (χ0v) is 16.8. The summed E-state index contributed by atoms with van der Waals surface area (Å²) in [6, 6.07) is 15.6. The van der Waals surface area contributed by atoms with E-state index in [4.69, 9.17) is 0 Å². The first-order chi connectivity index (χ1) is 15.3. The first kappa shape index (κ1) is 18.9. The lowest BCUT2D eigenvalue weighted by Gasteiger charge is -2.36. The van der Waals surface area contributed by atoms with Gasteiger partial charge in [-0.25, -0.2) is 9.97 Å². The van der Waals surface area contributed by atoms with E-state index in [9.17, 15) is 4.79 Å². The van der Waals surface area contributed by atoms with Crippen molar-refractivity contribution in [2.24, 2.45) is 0 Å². The number of benzene rings is 2. The number of anilines is 3. The second-order valence-electron chi connectivity index (χ2n) is 7.30. The van der Waals surface area contributed by atoms with Gasteiger partial charge in [-0.05, 0) is 30.3 Å². The molecule has 2 aromatic heterocycles. The number of hydrogen-bond donors (Lipinski definition) is 1. The van der Waals surface area contributed by atoms with Crippen LogP contribution < -0.4 is 15.1 Å². The highest BCUT2D eigenvalue weighted by atomic mass is 16.1. The van der Waals surface area contributed by atoms with Gasteiger partial charge in [0.1, 0.15) is 0 Å². The number of nitrogens with zero attached hydrogens (tertiary/aromatic N) is 6. The summed E-state index contributed by atoms with van der Waals surface area (Å²) in [4.78, 5) is 34.5. The van der Waals surface area contributed by atoms with Gasteiger partial charge in [0.2, 0.25) is 5.95 Å². The van der Waals surface area contributed by atoms with E-state index in [2.05, 4.69) is 59.3 Å². The Morgan fingerprint density at radius 3 is 2.19 bits per heavy atom. The third-order valence-corrected chi connectivity index (χ3v) is 5.31. The minimum absolute atomic E-state index is 0.236. The van der Waals surface area contributed by atoms with Crippen LogP contribution in [0.5, 0.6) is 0 Å². The van der Waals surface area contributed by atoms with Crippen LogP contribution in [0, 0.1) is 0 Å². The SMILES string of the molecule is O=C(Nc1cnc(N2CCN(c3ccccc3)CC2)nc1)c1ccc2nccnc2c1. The Hall–Kier alpha value is -4.07. The van der Waals surface area contributed by atoms with Crippen LogP contribution in [0.15, 0.2) is 73.3 Å². The van der Waals surface area contributed by atoms with Gasteiger partial charge >= 0.3 is 0 Å². The Bertz CT molecular complexity index is 1190. The molecule has 2 aromatic carbocycles. The van der Waals surface area contributed by atoms with Crippen LogP contribution in [-0.2, 0) is 0 Å². The van der Waals surface area contributed by atoms with E-state index in [1.54, 1.807) is 43.0 Å². The topological polar surface area (TPSA) is 87.1 Å². The highest BCUT2D eigenvalue weighted by Gasteiger charge is 2.19. The minimum Gasteiger partial charge on any atom is -0.368 e. The Balaban J connectivity index is 1.21. The zero-order valence-electron chi connectivity index (χ0n) is 16.8. The fraction of sp³-hybridized carbons (Fsp3) is 0.174. The van der Waals surface area contributed by atoms with Crippen molar-refractivity contribution >= 4 is 34.3 Å². The monoisotopic (exact) mass is 411 g/mol. The molecule has 1 aliphatic rings. The maximum atomic E-state index is 12.6. The molecule has 154 valence electrons. The molecule has 5 rings (SSSR count). The van der Waals surface area contributed by atoms with E-state index in [1.807, 2.05) is 6.07 Å². The first-order valence-corrected chi connectivity index (χ1v) is 10.2. The van der Waals surface area contributed by atoms with E-state index in [0.717, 1.165) is 31.7 Å². The molecule has 8 heteroatoms. The largest absolute Gasteiger partial charge is 0.368 e. The summed E-state index contributed by atoms with van der Waals surface area (Å²) in [5.41, 5.74) is 3.72. The van der Waals surface area contributed by atoms with Crippen molar-refractivity contribution in [3.8, 4) is 0 Å². The molecule has 0 saturated carbocycles. The smallest absolute Gasteiger partial charge is 0.255 e. The molecule has 1 fully saturated rings. The molecule has 3 heterocycles. The van der Waals surface area contributed by atoms with E-state index >= 15 is 0 Å². The van der Waals surface area contributed by atoms with Gasteiger partial charge in [-0.1, -0.05) is 18.2 Å². The van der Waals surface area contributed by atoms with Crippen LogP contribution in [-0.4, -0.2) is 52.0 Å². The second kappa shape index (κ2) is 8.35. The molecule has 1 aliphatic heterocycles. The summed E-state index contributed by atoms with van der Waals surface area (Å²) in [7, 11) is 0. The van der Waals surface area contributed by atoms with Gasteiger partial charge in [0.25, 0.3) is 5.91 Å². The van der Waals surface area contributed by atoms with Crippen molar-refractivity contribution < 1.29 is 4.79 Å². The van der Waals surface area contributed by atoms with Gasteiger partial charge in [0.15, 0.2) is 0 Å². The van der Waals surface area contributed by atoms with Crippen molar-refractivity contribution in [3.05, 3.63) is 78.9 Å². The highest BCUT2D eigenvalue weighted by molar-refractivity contribution is 6.05. The summed E-state index contributed by atoms with van der Waals surface area (Å²) in [6.07, 6.45) is 6.52. The number of rotatable bonds is 4. The van der Waals surface area contributed by atoms with Crippen molar-refractivity contribution in [2.45, 2.75) is 0 Å². The van der Waals surface area contributed by atoms with Crippen LogP contribution in [0.3, 0.4) is 0 Å². The van der Waals surface area contributed by atoms with Crippen LogP contribution >= 0.6 is 0 Å². The fourth-order valence-electron chi connectivity index (χ4n) is 3.66. The Morgan fingerprint density at radius 1 is 0.774 bits per heavy atom. The summed E-state index contributed by atoms with van der Waals surface area (Å²) in [5.74, 6) is 0.437. The third-order valence-electron chi connectivity index (χ3n) is 5.31.